The number of hydrogen-bond donors (Lipinski definition) is 0. The van der Waals surface area contributed by atoms with Gasteiger partial charge in [0.05, 0.1) is 6.61 Å². The predicted octanol–water partition coefficient (Wildman–Crippen LogP) is 5.29. The van der Waals surface area contributed by atoms with E-state index in [0.717, 1.165) is 24.0 Å². The Labute approximate surface area is 142 Å². The van der Waals surface area contributed by atoms with Crippen LogP contribution in [0.25, 0.3) is 11.0 Å². The van der Waals surface area contributed by atoms with Gasteiger partial charge in [-0.05, 0) is 42.8 Å². The van der Waals surface area contributed by atoms with Crippen LogP contribution in [0.5, 0.6) is 5.75 Å². The van der Waals surface area contributed by atoms with Crippen LogP contribution in [-0.4, -0.2) is 12.0 Å². The quantitative estimate of drug-likeness (QED) is 0.318. The fourth-order valence-electron chi connectivity index (χ4n) is 2.53. The van der Waals surface area contributed by atoms with E-state index in [1.807, 2.05) is 17.5 Å². The van der Waals surface area contributed by atoms with E-state index in [1.54, 1.807) is 12.1 Å². The van der Waals surface area contributed by atoms with Crippen LogP contribution < -0.4 is 10.4 Å². The van der Waals surface area contributed by atoms with Crippen LogP contribution in [0.2, 0.25) is 0 Å². The second-order valence-electron chi connectivity index (χ2n) is 5.73. The van der Waals surface area contributed by atoms with Gasteiger partial charge in [0.15, 0.2) is 0 Å². The zero-order valence-electron chi connectivity index (χ0n) is 13.5. The average Bonchev–Trinajstić information content (AvgIpc) is 2.56. The SMILES string of the molecule is O=c1ccc2ccc(OCCCCCCCCCC=S)cc2o1. The van der Waals surface area contributed by atoms with Crippen molar-refractivity contribution in [2.45, 2.75) is 51.4 Å². The smallest absolute Gasteiger partial charge is 0.336 e. The first-order chi connectivity index (χ1) is 11.3. The minimum atomic E-state index is -0.333. The van der Waals surface area contributed by atoms with E-state index in [1.165, 1.54) is 44.6 Å². The fourth-order valence-corrected chi connectivity index (χ4v) is 2.70. The summed E-state index contributed by atoms with van der Waals surface area (Å²) in [4.78, 5) is 11.2. The number of rotatable bonds is 11. The minimum absolute atomic E-state index is 0.333. The van der Waals surface area contributed by atoms with Crippen LogP contribution in [0.1, 0.15) is 51.4 Å². The summed E-state index contributed by atoms with van der Waals surface area (Å²) in [5, 5.41) is 2.74. The van der Waals surface area contributed by atoms with Crippen LogP contribution in [0, 0.1) is 0 Å². The second-order valence-corrected chi connectivity index (χ2v) is 6.07. The fraction of sp³-hybridized carbons (Fsp3) is 0.474. The number of fused-ring (bicyclic) bond motifs is 1. The monoisotopic (exact) mass is 332 g/mol. The highest BCUT2D eigenvalue weighted by Crippen LogP contribution is 2.19. The Morgan fingerprint density at radius 1 is 0.957 bits per heavy atom. The Morgan fingerprint density at radius 3 is 2.43 bits per heavy atom. The van der Waals surface area contributed by atoms with Gasteiger partial charge in [0.25, 0.3) is 0 Å². The van der Waals surface area contributed by atoms with Crippen molar-refractivity contribution in [1.29, 1.82) is 0 Å². The van der Waals surface area contributed by atoms with Crippen molar-refractivity contribution >= 4 is 28.6 Å². The van der Waals surface area contributed by atoms with E-state index < -0.39 is 0 Å². The van der Waals surface area contributed by atoms with Gasteiger partial charge in [-0.1, -0.05) is 44.3 Å². The lowest BCUT2D eigenvalue weighted by molar-refractivity contribution is 0.304. The Balaban J connectivity index is 1.61. The maximum Gasteiger partial charge on any atom is 0.336 e. The molecule has 4 heteroatoms. The van der Waals surface area contributed by atoms with Gasteiger partial charge in [0.2, 0.25) is 0 Å². The van der Waals surface area contributed by atoms with Gasteiger partial charge in [0.1, 0.15) is 11.3 Å². The summed E-state index contributed by atoms with van der Waals surface area (Å²) in [6.07, 6.45) is 9.66. The highest BCUT2D eigenvalue weighted by atomic mass is 32.1. The molecule has 0 radical (unpaired) electrons. The lowest BCUT2D eigenvalue weighted by Gasteiger charge is -2.07. The molecule has 23 heavy (non-hydrogen) atoms. The summed E-state index contributed by atoms with van der Waals surface area (Å²) < 4.78 is 10.9. The number of benzene rings is 1. The van der Waals surface area contributed by atoms with Gasteiger partial charge in [0, 0.05) is 17.5 Å². The van der Waals surface area contributed by atoms with Crippen LogP contribution in [0.3, 0.4) is 0 Å². The van der Waals surface area contributed by atoms with Crippen LogP contribution in [0.15, 0.2) is 39.5 Å². The average molecular weight is 332 g/mol. The van der Waals surface area contributed by atoms with Gasteiger partial charge in [-0.15, -0.1) is 0 Å². The first kappa shape index (κ1) is 17.7. The van der Waals surface area contributed by atoms with Gasteiger partial charge >= 0.3 is 5.63 Å². The first-order valence-electron chi connectivity index (χ1n) is 8.40. The van der Waals surface area contributed by atoms with Crippen LogP contribution >= 0.6 is 12.2 Å². The zero-order chi connectivity index (χ0) is 16.3. The van der Waals surface area contributed by atoms with Crippen molar-refractivity contribution in [3.63, 3.8) is 0 Å². The Hall–Kier alpha value is -1.68. The standard InChI is InChI=1S/C19H24O3S/c20-19-12-10-16-9-11-17(15-18(16)22-19)21-13-7-5-3-1-2-4-6-8-14-23/h9-12,14-15H,1-8,13H2. The molecule has 0 atom stereocenters. The molecule has 0 saturated heterocycles. The molecule has 124 valence electrons. The van der Waals surface area contributed by atoms with Crippen molar-refractivity contribution in [3.8, 4) is 5.75 Å². The molecule has 0 aliphatic carbocycles. The maximum atomic E-state index is 11.2. The Morgan fingerprint density at radius 2 is 1.65 bits per heavy atom. The minimum Gasteiger partial charge on any atom is -0.493 e. The van der Waals surface area contributed by atoms with E-state index in [2.05, 4.69) is 0 Å². The number of hydrogen-bond acceptors (Lipinski definition) is 4. The number of ether oxygens (including phenoxy) is 1. The molecule has 1 heterocycles. The van der Waals surface area contributed by atoms with Crippen molar-refractivity contribution in [1.82, 2.24) is 0 Å². The van der Waals surface area contributed by atoms with E-state index in [-0.39, 0.29) is 5.63 Å². The highest BCUT2D eigenvalue weighted by Gasteiger charge is 2.00. The summed E-state index contributed by atoms with van der Waals surface area (Å²) in [6, 6.07) is 8.80. The third-order valence-electron chi connectivity index (χ3n) is 3.83. The van der Waals surface area contributed by atoms with Gasteiger partial charge < -0.3 is 9.15 Å². The summed E-state index contributed by atoms with van der Waals surface area (Å²) >= 11 is 4.81. The number of thiocarbonyl (C=S) groups is 1. The normalized spacial score (nSPS) is 10.8. The zero-order valence-corrected chi connectivity index (χ0v) is 14.3. The molecular formula is C19H24O3S. The van der Waals surface area contributed by atoms with Crippen molar-refractivity contribution in [3.05, 3.63) is 40.8 Å². The van der Waals surface area contributed by atoms with E-state index >= 15 is 0 Å². The maximum absolute atomic E-state index is 11.2. The molecule has 0 unspecified atom stereocenters. The molecule has 2 aromatic rings. The Bertz CT molecular complexity index is 663. The third-order valence-corrected chi connectivity index (χ3v) is 4.07. The van der Waals surface area contributed by atoms with E-state index in [9.17, 15) is 4.79 Å². The number of unbranched alkanes of at least 4 members (excludes halogenated alkanes) is 7. The first-order valence-corrected chi connectivity index (χ1v) is 8.87. The summed E-state index contributed by atoms with van der Waals surface area (Å²) in [5.74, 6) is 0.756. The van der Waals surface area contributed by atoms with Gasteiger partial charge in [-0.3, -0.25) is 0 Å². The van der Waals surface area contributed by atoms with E-state index in [4.69, 9.17) is 21.4 Å². The summed E-state index contributed by atoms with van der Waals surface area (Å²) in [6.45, 7) is 0.702. The molecule has 1 aromatic heterocycles. The van der Waals surface area contributed by atoms with Crippen molar-refractivity contribution in [2.75, 3.05) is 6.61 Å². The molecule has 0 aliphatic heterocycles. The Kier molecular flexibility index (Phi) is 7.81. The van der Waals surface area contributed by atoms with Crippen LogP contribution in [0.4, 0.5) is 0 Å². The van der Waals surface area contributed by atoms with Crippen LogP contribution in [-0.2, 0) is 0 Å². The van der Waals surface area contributed by atoms with Crippen molar-refractivity contribution in [2.24, 2.45) is 0 Å². The van der Waals surface area contributed by atoms with E-state index in [0.29, 0.717) is 12.2 Å². The van der Waals surface area contributed by atoms with Gasteiger partial charge in [-0.2, -0.15) is 0 Å². The molecular weight excluding hydrogens is 308 g/mol. The molecule has 2 rings (SSSR count). The molecule has 0 saturated carbocycles. The highest BCUT2D eigenvalue weighted by molar-refractivity contribution is 7.78. The summed E-state index contributed by atoms with van der Waals surface area (Å²) in [7, 11) is 0. The molecule has 0 N–H and O–H groups in total. The molecule has 0 bridgehead atoms. The van der Waals surface area contributed by atoms with Crippen molar-refractivity contribution < 1.29 is 9.15 Å². The molecule has 0 amide bonds. The largest absolute Gasteiger partial charge is 0.493 e. The predicted molar refractivity (Wildman–Crippen MR) is 98.6 cm³/mol. The second kappa shape index (κ2) is 10.2. The lowest BCUT2D eigenvalue weighted by atomic mass is 10.1. The summed E-state index contributed by atoms with van der Waals surface area (Å²) in [5.41, 5.74) is 0.242. The third kappa shape index (κ3) is 6.53. The molecule has 0 aliphatic rings. The molecule has 0 fully saturated rings. The molecule has 1 aromatic carbocycles. The lowest BCUT2D eigenvalue weighted by Crippen LogP contribution is -1.98. The molecule has 3 nitrogen and oxygen atoms in total. The topological polar surface area (TPSA) is 39.4 Å². The van der Waals surface area contributed by atoms with Gasteiger partial charge in [-0.25, -0.2) is 4.79 Å². The molecule has 0 spiro atoms.